The molecule has 4 heteroatoms. The molecular formula is C13H16BrClO2. The fourth-order valence-electron chi connectivity index (χ4n) is 1.55. The zero-order valence-electron chi connectivity index (χ0n) is 10.0. The molecule has 94 valence electrons. The van der Waals surface area contributed by atoms with Crippen LogP contribution in [0.2, 0.25) is 5.02 Å². The minimum atomic E-state index is -0.131. The highest BCUT2D eigenvalue weighted by atomic mass is 79.9. The van der Waals surface area contributed by atoms with Gasteiger partial charge in [-0.1, -0.05) is 40.5 Å². The lowest BCUT2D eigenvalue weighted by atomic mass is 10.0. The van der Waals surface area contributed by atoms with Crippen LogP contribution in [-0.4, -0.2) is 17.7 Å². The number of methoxy groups -OCH3 is 1. The average molecular weight is 320 g/mol. The molecule has 2 nitrogen and oxygen atoms in total. The summed E-state index contributed by atoms with van der Waals surface area (Å²) in [4.78, 5) is 11.5. The van der Waals surface area contributed by atoms with Crippen molar-refractivity contribution in [3.8, 4) is 5.75 Å². The molecule has 1 aromatic carbocycles. The van der Waals surface area contributed by atoms with Gasteiger partial charge in [-0.2, -0.15) is 0 Å². The van der Waals surface area contributed by atoms with E-state index in [0.29, 0.717) is 23.6 Å². The van der Waals surface area contributed by atoms with Crippen molar-refractivity contribution in [1.29, 1.82) is 0 Å². The van der Waals surface area contributed by atoms with Crippen LogP contribution < -0.4 is 4.74 Å². The van der Waals surface area contributed by atoms with E-state index in [1.165, 1.54) is 0 Å². The Morgan fingerprint density at radius 3 is 2.82 bits per heavy atom. The predicted octanol–water partition coefficient (Wildman–Crippen LogP) is 4.02. The van der Waals surface area contributed by atoms with Gasteiger partial charge >= 0.3 is 0 Å². The van der Waals surface area contributed by atoms with Gasteiger partial charge in [0.2, 0.25) is 0 Å². The third-order valence-corrected chi connectivity index (χ3v) is 3.62. The van der Waals surface area contributed by atoms with Crippen molar-refractivity contribution < 1.29 is 9.53 Å². The summed E-state index contributed by atoms with van der Waals surface area (Å²) in [5.41, 5.74) is 1.04. The van der Waals surface area contributed by atoms with E-state index in [0.717, 1.165) is 12.0 Å². The van der Waals surface area contributed by atoms with Crippen molar-refractivity contribution in [2.75, 3.05) is 7.11 Å². The highest BCUT2D eigenvalue weighted by molar-refractivity contribution is 9.10. The highest BCUT2D eigenvalue weighted by Crippen LogP contribution is 2.26. The van der Waals surface area contributed by atoms with Crippen molar-refractivity contribution in [3.05, 3.63) is 28.8 Å². The first-order chi connectivity index (χ1) is 8.08. The molecule has 1 rings (SSSR count). The third-order valence-electron chi connectivity index (χ3n) is 2.48. The molecule has 1 unspecified atom stereocenters. The molecule has 0 radical (unpaired) electrons. The van der Waals surface area contributed by atoms with Crippen molar-refractivity contribution in [2.45, 2.75) is 31.0 Å². The minimum absolute atomic E-state index is 0.131. The topological polar surface area (TPSA) is 26.3 Å². The van der Waals surface area contributed by atoms with Gasteiger partial charge in [0.05, 0.1) is 17.0 Å². The van der Waals surface area contributed by atoms with Gasteiger partial charge in [-0.25, -0.2) is 0 Å². The number of benzene rings is 1. The van der Waals surface area contributed by atoms with Gasteiger partial charge < -0.3 is 4.74 Å². The maximum absolute atomic E-state index is 11.7. The lowest BCUT2D eigenvalue weighted by Gasteiger charge is -2.10. The Balaban J connectivity index is 2.71. The molecule has 0 aliphatic carbocycles. The summed E-state index contributed by atoms with van der Waals surface area (Å²) in [5, 5.41) is 0.585. The fourth-order valence-corrected chi connectivity index (χ4v) is 2.35. The Labute approximate surface area is 115 Å². The molecule has 1 atom stereocenters. The van der Waals surface area contributed by atoms with Gasteiger partial charge in [0, 0.05) is 6.42 Å². The standard InChI is InChI=1S/C13H16BrClO2/c1-3-4-12(16)10(14)7-9-5-6-11(15)13(8-9)17-2/h5-6,8,10H,3-4,7H2,1-2H3. The Hall–Kier alpha value is -0.540. The van der Waals surface area contributed by atoms with E-state index in [4.69, 9.17) is 16.3 Å². The molecule has 0 heterocycles. The molecule has 0 spiro atoms. The van der Waals surface area contributed by atoms with E-state index in [9.17, 15) is 4.79 Å². The molecule has 17 heavy (non-hydrogen) atoms. The van der Waals surface area contributed by atoms with Crippen molar-refractivity contribution in [2.24, 2.45) is 0 Å². The number of ether oxygens (including phenoxy) is 1. The zero-order chi connectivity index (χ0) is 12.8. The second kappa shape index (κ2) is 7.02. The molecule has 0 amide bonds. The Kier molecular flexibility index (Phi) is 6.00. The SMILES string of the molecule is CCCC(=O)C(Br)Cc1ccc(Cl)c(OC)c1. The molecule has 1 aromatic rings. The first-order valence-corrected chi connectivity index (χ1v) is 6.87. The van der Waals surface area contributed by atoms with Gasteiger partial charge in [0.25, 0.3) is 0 Å². The number of alkyl halides is 1. The largest absolute Gasteiger partial charge is 0.495 e. The van der Waals surface area contributed by atoms with E-state index in [1.807, 2.05) is 19.1 Å². The van der Waals surface area contributed by atoms with Crippen LogP contribution in [0.3, 0.4) is 0 Å². The first-order valence-electron chi connectivity index (χ1n) is 5.57. The van der Waals surface area contributed by atoms with Crippen LogP contribution in [0.15, 0.2) is 18.2 Å². The third kappa shape index (κ3) is 4.32. The van der Waals surface area contributed by atoms with Crippen molar-refractivity contribution >= 4 is 33.3 Å². The summed E-state index contributed by atoms with van der Waals surface area (Å²) >= 11 is 9.36. The molecule has 0 aliphatic rings. The number of hydrogen-bond acceptors (Lipinski definition) is 2. The second-order valence-electron chi connectivity index (χ2n) is 3.86. The van der Waals surface area contributed by atoms with Crippen LogP contribution in [0.5, 0.6) is 5.75 Å². The second-order valence-corrected chi connectivity index (χ2v) is 5.37. The van der Waals surface area contributed by atoms with Crippen LogP contribution in [-0.2, 0) is 11.2 Å². The van der Waals surface area contributed by atoms with Crippen molar-refractivity contribution in [3.63, 3.8) is 0 Å². The number of hydrogen-bond donors (Lipinski definition) is 0. The summed E-state index contributed by atoms with van der Waals surface area (Å²) in [5.74, 6) is 0.883. The number of rotatable bonds is 6. The maximum atomic E-state index is 11.7. The Morgan fingerprint density at radius 1 is 1.53 bits per heavy atom. The lowest BCUT2D eigenvalue weighted by molar-refractivity contribution is -0.118. The molecule has 0 aromatic heterocycles. The van der Waals surface area contributed by atoms with Crippen LogP contribution in [0.4, 0.5) is 0 Å². The van der Waals surface area contributed by atoms with E-state index in [1.54, 1.807) is 13.2 Å². The smallest absolute Gasteiger partial charge is 0.146 e. The molecular weight excluding hydrogens is 303 g/mol. The summed E-state index contributed by atoms with van der Waals surface area (Å²) in [6.45, 7) is 2.00. The summed E-state index contributed by atoms with van der Waals surface area (Å²) < 4.78 is 5.14. The monoisotopic (exact) mass is 318 g/mol. The molecule has 0 fully saturated rings. The van der Waals surface area contributed by atoms with Crippen LogP contribution in [0.1, 0.15) is 25.3 Å². The van der Waals surface area contributed by atoms with Crippen LogP contribution >= 0.6 is 27.5 Å². The van der Waals surface area contributed by atoms with Crippen molar-refractivity contribution in [1.82, 2.24) is 0 Å². The number of carbonyl (C=O) groups excluding carboxylic acids is 1. The molecule has 0 bridgehead atoms. The Morgan fingerprint density at radius 2 is 2.24 bits per heavy atom. The van der Waals surface area contributed by atoms with Gasteiger partial charge in [0.15, 0.2) is 0 Å². The Bertz CT molecular complexity index is 393. The summed E-state index contributed by atoms with van der Waals surface area (Å²) in [7, 11) is 1.58. The van der Waals surface area contributed by atoms with Gasteiger partial charge in [-0.15, -0.1) is 0 Å². The molecule has 0 saturated carbocycles. The summed E-state index contributed by atoms with van der Waals surface area (Å²) in [6, 6.07) is 5.58. The number of Topliss-reactive ketones (excluding diaryl/α,β-unsaturated/α-hetero) is 1. The van der Waals surface area contributed by atoms with E-state index in [2.05, 4.69) is 15.9 Å². The molecule has 0 N–H and O–H groups in total. The van der Waals surface area contributed by atoms with Crippen LogP contribution in [0.25, 0.3) is 0 Å². The molecule has 0 saturated heterocycles. The van der Waals surface area contributed by atoms with Gasteiger partial charge in [-0.3, -0.25) is 4.79 Å². The maximum Gasteiger partial charge on any atom is 0.146 e. The average Bonchev–Trinajstić information content (AvgIpc) is 2.31. The van der Waals surface area contributed by atoms with Gasteiger partial charge in [0.1, 0.15) is 11.5 Å². The van der Waals surface area contributed by atoms with E-state index in [-0.39, 0.29) is 10.6 Å². The zero-order valence-corrected chi connectivity index (χ0v) is 12.3. The first kappa shape index (κ1) is 14.5. The van der Waals surface area contributed by atoms with E-state index >= 15 is 0 Å². The minimum Gasteiger partial charge on any atom is -0.495 e. The quantitative estimate of drug-likeness (QED) is 0.740. The number of ketones is 1. The lowest BCUT2D eigenvalue weighted by Crippen LogP contribution is -2.16. The summed E-state index contributed by atoms with van der Waals surface area (Å²) in [6.07, 6.45) is 2.15. The van der Waals surface area contributed by atoms with E-state index < -0.39 is 0 Å². The highest BCUT2D eigenvalue weighted by Gasteiger charge is 2.15. The molecule has 0 aliphatic heterocycles. The van der Waals surface area contributed by atoms with Gasteiger partial charge in [-0.05, 0) is 30.5 Å². The number of halogens is 2. The fraction of sp³-hybridized carbons (Fsp3) is 0.462. The predicted molar refractivity (Wildman–Crippen MR) is 74.3 cm³/mol. The normalized spacial score (nSPS) is 12.2. The number of carbonyl (C=O) groups is 1. The van der Waals surface area contributed by atoms with Crippen LogP contribution in [0, 0.1) is 0 Å².